The third-order valence-corrected chi connectivity index (χ3v) is 4.14. The number of nitriles is 1. The lowest BCUT2D eigenvalue weighted by Crippen LogP contribution is -2.19. The molecule has 3 rings (SSSR count). The molecule has 22 heavy (non-hydrogen) atoms. The first kappa shape index (κ1) is 14.3. The van der Waals surface area contributed by atoms with E-state index in [0.717, 1.165) is 36.0 Å². The number of carbonyl (C=O) groups excluding carboxylic acids is 1. The zero-order valence-electron chi connectivity index (χ0n) is 12.4. The molecule has 0 aliphatic heterocycles. The summed E-state index contributed by atoms with van der Waals surface area (Å²) in [7, 11) is 1.43. The SMILES string of the molecule is COC(=O)[C@H]1CC[C@@H](Nc2ccc3cc(C#N)ccc3n2)C1. The number of aromatic nitrogens is 1. The third kappa shape index (κ3) is 2.86. The van der Waals surface area contributed by atoms with Crippen LogP contribution in [0.4, 0.5) is 5.82 Å². The van der Waals surface area contributed by atoms with Crippen molar-refractivity contribution in [3.05, 3.63) is 35.9 Å². The van der Waals surface area contributed by atoms with Crippen molar-refractivity contribution in [1.29, 1.82) is 5.26 Å². The average molecular weight is 295 g/mol. The van der Waals surface area contributed by atoms with Gasteiger partial charge < -0.3 is 10.1 Å². The predicted octanol–water partition coefficient (Wildman–Crippen LogP) is 2.86. The van der Waals surface area contributed by atoms with E-state index in [4.69, 9.17) is 10.00 Å². The highest BCUT2D eigenvalue weighted by Gasteiger charge is 2.30. The number of pyridine rings is 1. The Bertz CT molecular complexity index is 751. The molecule has 112 valence electrons. The van der Waals surface area contributed by atoms with Gasteiger partial charge in [0.1, 0.15) is 5.82 Å². The Morgan fingerprint density at radius 1 is 1.36 bits per heavy atom. The highest BCUT2D eigenvalue weighted by molar-refractivity contribution is 5.81. The van der Waals surface area contributed by atoms with Gasteiger partial charge in [-0.1, -0.05) is 0 Å². The monoisotopic (exact) mass is 295 g/mol. The van der Waals surface area contributed by atoms with E-state index in [2.05, 4.69) is 16.4 Å². The quantitative estimate of drug-likeness (QED) is 0.881. The number of nitrogens with zero attached hydrogens (tertiary/aromatic N) is 2. The van der Waals surface area contributed by atoms with E-state index in [-0.39, 0.29) is 17.9 Å². The van der Waals surface area contributed by atoms with Crippen molar-refractivity contribution in [3.8, 4) is 6.07 Å². The number of esters is 1. The van der Waals surface area contributed by atoms with E-state index in [9.17, 15) is 4.79 Å². The smallest absolute Gasteiger partial charge is 0.308 e. The number of rotatable bonds is 3. The number of fused-ring (bicyclic) bond motifs is 1. The Kier molecular flexibility index (Phi) is 3.92. The van der Waals surface area contributed by atoms with Crippen molar-refractivity contribution in [2.24, 2.45) is 5.92 Å². The highest BCUT2D eigenvalue weighted by Crippen LogP contribution is 2.29. The zero-order valence-corrected chi connectivity index (χ0v) is 12.4. The van der Waals surface area contributed by atoms with E-state index in [1.807, 2.05) is 24.3 Å². The molecule has 1 saturated carbocycles. The van der Waals surface area contributed by atoms with Crippen LogP contribution in [0.25, 0.3) is 10.9 Å². The summed E-state index contributed by atoms with van der Waals surface area (Å²) in [5, 5.41) is 13.2. The largest absolute Gasteiger partial charge is 0.469 e. The first-order valence-electron chi connectivity index (χ1n) is 7.35. The van der Waals surface area contributed by atoms with Gasteiger partial charge in [-0.15, -0.1) is 0 Å². The van der Waals surface area contributed by atoms with Crippen LogP contribution < -0.4 is 5.32 Å². The van der Waals surface area contributed by atoms with E-state index >= 15 is 0 Å². The van der Waals surface area contributed by atoms with Gasteiger partial charge in [0.25, 0.3) is 0 Å². The van der Waals surface area contributed by atoms with Gasteiger partial charge in [0.15, 0.2) is 0 Å². The van der Waals surface area contributed by atoms with Crippen molar-refractivity contribution < 1.29 is 9.53 Å². The third-order valence-electron chi connectivity index (χ3n) is 4.14. The second kappa shape index (κ2) is 6.02. The molecule has 5 heteroatoms. The fourth-order valence-corrected chi connectivity index (χ4v) is 2.98. The van der Waals surface area contributed by atoms with Crippen molar-refractivity contribution in [1.82, 2.24) is 4.98 Å². The minimum atomic E-state index is -0.125. The molecule has 1 N–H and O–H groups in total. The Balaban J connectivity index is 1.72. The lowest BCUT2D eigenvalue weighted by molar-refractivity contribution is -0.145. The molecule has 0 amide bonds. The van der Waals surface area contributed by atoms with Gasteiger partial charge in [-0.3, -0.25) is 4.79 Å². The van der Waals surface area contributed by atoms with Gasteiger partial charge in [-0.25, -0.2) is 4.98 Å². The summed E-state index contributed by atoms with van der Waals surface area (Å²) >= 11 is 0. The molecule has 0 unspecified atom stereocenters. The van der Waals surface area contributed by atoms with Crippen LogP contribution in [-0.4, -0.2) is 24.1 Å². The molecule has 5 nitrogen and oxygen atoms in total. The zero-order chi connectivity index (χ0) is 15.5. The van der Waals surface area contributed by atoms with Gasteiger partial charge in [0.05, 0.1) is 30.2 Å². The molecule has 0 radical (unpaired) electrons. The Morgan fingerprint density at radius 3 is 3.00 bits per heavy atom. The fourth-order valence-electron chi connectivity index (χ4n) is 2.98. The standard InChI is InChI=1S/C17H17N3O2/c1-22-17(21)13-3-5-14(9-13)19-16-7-4-12-8-11(10-18)2-6-15(12)20-16/h2,4,6-8,13-14H,3,5,9H2,1H3,(H,19,20)/t13-,14+/m0/s1. The maximum Gasteiger partial charge on any atom is 0.308 e. The average Bonchev–Trinajstić information content (AvgIpc) is 3.02. The molecule has 2 aromatic rings. The molecular formula is C17H17N3O2. The van der Waals surface area contributed by atoms with Crippen molar-refractivity contribution >= 4 is 22.7 Å². The highest BCUT2D eigenvalue weighted by atomic mass is 16.5. The number of nitrogens with one attached hydrogen (secondary N) is 1. The molecule has 1 aliphatic carbocycles. The normalized spacial score (nSPS) is 20.5. The summed E-state index contributed by atoms with van der Waals surface area (Å²) in [5.41, 5.74) is 1.48. The van der Waals surface area contributed by atoms with Gasteiger partial charge in [0.2, 0.25) is 0 Å². The molecule has 0 spiro atoms. The van der Waals surface area contributed by atoms with Crippen molar-refractivity contribution in [2.45, 2.75) is 25.3 Å². The molecule has 1 heterocycles. The van der Waals surface area contributed by atoms with Crippen LogP contribution in [0.5, 0.6) is 0 Å². The van der Waals surface area contributed by atoms with Gasteiger partial charge in [-0.2, -0.15) is 5.26 Å². The predicted molar refractivity (Wildman–Crippen MR) is 83.2 cm³/mol. The molecule has 0 bridgehead atoms. The maximum absolute atomic E-state index is 11.6. The summed E-state index contributed by atoms with van der Waals surface area (Å²) in [6.45, 7) is 0. The van der Waals surface area contributed by atoms with Crippen molar-refractivity contribution in [3.63, 3.8) is 0 Å². The number of hydrogen-bond donors (Lipinski definition) is 1. The van der Waals surface area contributed by atoms with E-state index < -0.39 is 0 Å². The van der Waals surface area contributed by atoms with E-state index in [1.54, 1.807) is 6.07 Å². The van der Waals surface area contributed by atoms with Crippen LogP contribution in [0.2, 0.25) is 0 Å². The van der Waals surface area contributed by atoms with E-state index in [0.29, 0.717) is 5.56 Å². The molecule has 2 atom stereocenters. The number of carbonyl (C=O) groups is 1. The molecule has 1 fully saturated rings. The van der Waals surface area contributed by atoms with Gasteiger partial charge in [0, 0.05) is 11.4 Å². The number of benzene rings is 1. The number of methoxy groups -OCH3 is 1. The van der Waals surface area contributed by atoms with Crippen LogP contribution >= 0.6 is 0 Å². The number of hydrogen-bond acceptors (Lipinski definition) is 5. The lowest BCUT2D eigenvalue weighted by atomic mass is 10.1. The second-order valence-electron chi connectivity index (χ2n) is 5.59. The maximum atomic E-state index is 11.6. The lowest BCUT2D eigenvalue weighted by Gasteiger charge is -2.14. The van der Waals surface area contributed by atoms with Gasteiger partial charge >= 0.3 is 5.97 Å². The van der Waals surface area contributed by atoms with Crippen LogP contribution in [0.3, 0.4) is 0 Å². The van der Waals surface area contributed by atoms with E-state index in [1.165, 1.54) is 7.11 Å². The fraction of sp³-hybridized carbons (Fsp3) is 0.353. The summed E-state index contributed by atoms with van der Waals surface area (Å²) in [6, 6.07) is 11.7. The summed E-state index contributed by atoms with van der Waals surface area (Å²) in [5.74, 6) is 0.661. The molecule has 0 saturated heterocycles. The van der Waals surface area contributed by atoms with Crippen LogP contribution in [-0.2, 0) is 9.53 Å². The summed E-state index contributed by atoms with van der Waals surface area (Å²) < 4.78 is 4.80. The summed E-state index contributed by atoms with van der Waals surface area (Å²) in [4.78, 5) is 16.1. The van der Waals surface area contributed by atoms with Crippen LogP contribution in [0.1, 0.15) is 24.8 Å². The summed E-state index contributed by atoms with van der Waals surface area (Å²) in [6.07, 6.45) is 2.57. The first-order chi connectivity index (χ1) is 10.7. The molecule has 1 aliphatic rings. The Labute approximate surface area is 128 Å². The molecule has 1 aromatic carbocycles. The molecular weight excluding hydrogens is 278 g/mol. The molecule has 1 aromatic heterocycles. The Morgan fingerprint density at radius 2 is 2.23 bits per heavy atom. The van der Waals surface area contributed by atoms with Crippen molar-refractivity contribution in [2.75, 3.05) is 12.4 Å². The van der Waals surface area contributed by atoms with Gasteiger partial charge in [-0.05, 0) is 49.6 Å². The minimum Gasteiger partial charge on any atom is -0.469 e. The minimum absolute atomic E-state index is 0.0128. The van der Waals surface area contributed by atoms with Crippen LogP contribution in [0, 0.1) is 17.2 Å². The van der Waals surface area contributed by atoms with Crippen LogP contribution in [0.15, 0.2) is 30.3 Å². The number of ether oxygens (including phenoxy) is 1. The second-order valence-corrected chi connectivity index (χ2v) is 5.59. The first-order valence-corrected chi connectivity index (χ1v) is 7.35. The number of anilines is 1. The topological polar surface area (TPSA) is 75.0 Å². The Hall–Kier alpha value is -2.61.